The van der Waals surface area contributed by atoms with Crippen LogP contribution in [0.1, 0.15) is 19.4 Å². The Morgan fingerprint density at radius 1 is 1.17 bits per heavy atom. The van der Waals surface area contributed by atoms with E-state index in [-0.39, 0.29) is 23.1 Å². The number of amides is 4. The number of imide groups is 2. The molecule has 0 aromatic heterocycles. The Labute approximate surface area is 179 Å². The third-order valence-corrected chi connectivity index (χ3v) is 4.65. The standard InChI is InChI=1S/C20H16BrN3O6/c1-11(2)30-17-7-6-12(9-16(17)21)8-15-18(25)22-20(27)23(19(15)26)13-4-3-5-14(10-13)24(28)29/h3-11H,1-2H3,(H,22,25,27)/b15-8+. The number of anilines is 1. The number of ether oxygens (including phenoxy) is 1. The molecule has 1 saturated heterocycles. The van der Waals surface area contributed by atoms with E-state index < -0.39 is 22.8 Å². The van der Waals surface area contributed by atoms with Gasteiger partial charge in [-0.1, -0.05) is 12.1 Å². The van der Waals surface area contributed by atoms with E-state index in [1.54, 1.807) is 18.2 Å². The maximum atomic E-state index is 12.9. The number of halogens is 1. The van der Waals surface area contributed by atoms with Gasteiger partial charge in [0.1, 0.15) is 11.3 Å². The molecule has 30 heavy (non-hydrogen) atoms. The monoisotopic (exact) mass is 473 g/mol. The summed E-state index contributed by atoms with van der Waals surface area (Å²) in [7, 11) is 0. The van der Waals surface area contributed by atoms with Crippen molar-refractivity contribution in [2.75, 3.05) is 4.90 Å². The number of barbiturate groups is 1. The number of benzene rings is 2. The number of nitro benzene ring substituents is 1. The van der Waals surface area contributed by atoms with E-state index >= 15 is 0 Å². The number of carbonyl (C=O) groups is 3. The van der Waals surface area contributed by atoms with Gasteiger partial charge in [-0.3, -0.25) is 25.0 Å². The number of carbonyl (C=O) groups excluding carboxylic acids is 3. The number of urea groups is 1. The maximum Gasteiger partial charge on any atom is 0.335 e. The number of nitrogens with zero attached hydrogens (tertiary/aromatic N) is 2. The SMILES string of the molecule is CC(C)Oc1ccc(/C=C2\C(=O)NC(=O)N(c3cccc([N+](=O)[O-])c3)C2=O)cc1Br. The second-order valence-electron chi connectivity index (χ2n) is 6.59. The van der Waals surface area contributed by atoms with Crippen molar-refractivity contribution in [2.24, 2.45) is 0 Å². The highest BCUT2D eigenvalue weighted by atomic mass is 79.9. The molecule has 1 aliphatic heterocycles. The smallest absolute Gasteiger partial charge is 0.335 e. The lowest BCUT2D eigenvalue weighted by atomic mass is 10.1. The van der Waals surface area contributed by atoms with Crippen molar-refractivity contribution in [1.29, 1.82) is 0 Å². The first-order chi connectivity index (χ1) is 14.2. The fraction of sp³-hybridized carbons (Fsp3) is 0.150. The largest absolute Gasteiger partial charge is 0.490 e. The summed E-state index contributed by atoms with van der Waals surface area (Å²) < 4.78 is 6.26. The summed E-state index contributed by atoms with van der Waals surface area (Å²) in [4.78, 5) is 48.5. The second-order valence-corrected chi connectivity index (χ2v) is 7.45. The lowest BCUT2D eigenvalue weighted by Gasteiger charge is -2.26. The molecular weight excluding hydrogens is 458 g/mol. The van der Waals surface area contributed by atoms with Gasteiger partial charge < -0.3 is 4.74 Å². The molecule has 0 atom stereocenters. The number of nitro groups is 1. The van der Waals surface area contributed by atoms with Crippen LogP contribution in [0.25, 0.3) is 6.08 Å². The van der Waals surface area contributed by atoms with Crippen LogP contribution in [0.15, 0.2) is 52.5 Å². The number of hydrogen-bond donors (Lipinski definition) is 1. The predicted molar refractivity (Wildman–Crippen MR) is 112 cm³/mol. The summed E-state index contributed by atoms with van der Waals surface area (Å²) in [6, 6.07) is 9.05. The average Bonchev–Trinajstić information content (AvgIpc) is 2.67. The Hall–Kier alpha value is -3.53. The van der Waals surface area contributed by atoms with Crippen molar-refractivity contribution in [1.82, 2.24) is 5.32 Å². The highest BCUT2D eigenvalue weighted by Gasteiger charge is 2.37. The fourth-order valence-corrected chi connectivity index (χ4v) is 3.25. The molecular formula is C20H16BrN3O6. The number of rotatable bonds is 5. The summed E-state index contributed by atoms with van der Waals surface area (Å²) in [5.74, 6) is -1.15. The van der Waals surface area contributed by atoms with Crippen LogP contribution in [0.5, 0.6) is 5.75 Å². The van der Waals surface area contributed by atoms with Gasteiger partial charge in [-0.2, -0.15) is 0 Å². The van der Waals surface area contributed by atoms with Crippen molar-refractivity contribution in [2.45, 2.75) is 20.0 Å². The molecule has 10 heteroatoms. The summed E-state index contributed by atoms with van der Waals surface area (Å²) in [5.41, 5.74) is -0.0810. The van der Waals surface area contributed by atoms with Gasteiger partial charge in [-0.15, -0.1) is 0 Å². The van der Waals surface area contributed by atoms with E-state index in [2.05, 4.69) is 21.2 Å². The molecule has 1 N–H and O–H groups in total. The third kappa shape index (κ3) is 4.38. The van der Waals surface area contributed by atoms with E-state index in [4.69, 9.17) is 4.74 Å². The zero-order chi connectivity index (χ0) is 22.0. The molecule has 0 spiro atoms. The lowest BCUT2D eigenvalue weighted by molar-refractivity contribution is -0.384. The van der Waals surface area contributed by atoms with Gasteiger partial charge in [0.25, 0.3) is 17.5 Å². The van der Waals surface area contributed by atoms with E-state index in [0.29, 0.717) is 20.7 Å². The Balaban J connectivity index is 1.97. The zero-order valence-corrected chi connectivity index (χ0v) is 17.5. The minimum atomic E-state index is -0.982. The molecule has 4 amide bonds. The third-order valence-electron chi connectivity index (χ3n) is 4.03. The Morgan fingerprint density at radius 3 is 2.53 bits per heavy atom. The predicted octanol–water partition coefficient (Wildman–Crippen LogP) is 3.81. The summed E-state index contributed by atoms with van der Waals surface area (Å²) >= 11 is 3.38. The molecule has 0 saturated carbocycles. The van der Waals surface area contributed by atoms with E-state index in [9.17, 15) is 24.5 Å². The van der Waals surface area contributed by atoms with Gasteiger partial charge in [0.05, 0.1) is 21.2 Å². The minimum Gasteiger partial charge on any atom is -0.490 e. The average molecular weight is 474 g/mol. The molecule has 1 fully saturated rings. The molecule has 154 valence electrons. The molecule has 2 aromatic carbocycles. The van der Waals surface area contributed by atoms with Crippen molar-refractivity contribution < 1.29 is 24.0 Å². The Kier molecular flexibility index (Phi) is 5.97. The van der Waals surface area contributed by atoms with Crippen LogP contribution in [-0.2, 0) is 9.59 Å². The molecule has 0 aliphatic carbocycles. The van der Waals surface area contributed by atoms with Gasteiger partial charge >= 0.3 is 6.03 Å². The molecule has 0 unspecified atom stereocenters. The first-order valence-electron chi connectivity index (χ1n) is 8.79. The first kappa shape index (κ1) is 21.2. The van der Waals surface area contributed by atoms with Crippen LogP contribution in [-0.4, -0.2) is 28.9 Å². The van der Waals surface area contributed by atoms with Gasteiger partial charge in [-0.05, 0) is 59.6 Å². The highest BCUT2D eigenvalue weighted by molar-refractivity contribution is 9.10. The number of nitrogens with one attached hydrogen (secondary N) is 1. The first-order valence-corrected chi connectivity index (χ1v) is 9.59. The van der Waals surface area contributed by atoms with Gasteiger partial charge in [0, 0.05) is 12.1 Å². The molecule has 1 aliphatic rings. The molecule has 0 bridgehead atoms. The van der Waals surface area contributed by atoms with Crippen LogP contribution in [0.4, 0.5) is 16.2 Å². The van der Waals surface area contributed by atoms with Gasteiger partial charge in [-0.25, -0.2) is 9.69 Å². The van der Waals surface area contributed by atoms with Crippen LogP contribution in [0.2, 0.25) is 0 Å². The van der Waals surface area contributed by atoms with Gasteiger partial charge in [0.2, 0.25) is 0 Å². The van der Waals surface area contributed by atoms with Crippen LogP contribution >= 0.6 is 15.9 Å². The molecule has 2 aromatic rings. The van der Waals surface area contributed by atoms with E-state index in [0.717, 1.165) is 6.07 Å². The van der Waals surface area contributed by atoms with Crippen LogP contribution in [0.3, 0.4) is 0 Å². The van der Waals surface area contributed by atoms with E-state index in [1.807, 2.05) is 13.8 Å². The van der Waals surface area contributed by atoms with Gasteiger partial charge in [0.15, 0.2) is 0 Å². The topological polar surface area (TPSA) is 119 Å². The molecule has 9 nitrogen and oxygen atoms in total. The Bertz CT molecular complexity index is 1100. The maximum absolute atomic E-state index is 12.9. The Morgan fingerprint density at radius 2 is 1.90 bits per heavy atom. The fourth-order valence-electron chi connectivity index (χ4n) is 2.76. The molecule has 1 heterocycles. The molecule has 3 rings (SSSR count). The highest BCUT2D eigenvalue weighted by Crippen LogP contribution is 2.29. The van der Waals surface area contributed by atoms with Crippen molar-refractivity contribution >= 4 is 51.2 Å². The lowest BCUT2D eigenvalue weighted by Crippen LogP contribution is -2.54. The minimum absolute atomic E-state index is 0.0213. The van der Waals surface area contributed by atoms with E-state index in [1.165, 1.54) is 24.3 Å². The second kappa shape index (κ2) is 8.46. The molecule has 0 radical (unpaired) electrons. The van der Waals surface area contributed by atoms with Crippen LogP contribution in [0, 0.1) is 10.1 Å². The summed E-state index contributed by atoms with van der Waals surface area (Å²) in [6.07, 6.45) is 1.30. The summed E-state index contributed by atoms with van der Waals surface area (Å²) in [5, 5.41) is 13.1. The van der Waals surface area contributed by atoms with Crippen molar-refractivity contribution in [3.8, 4) is 5.75 Å². The number of non-ortho nitro benzene ring substituents is 1. The quantitative estimate of drug-likeness (QED) is 0.305. The van der Waals surface area contributed by atoms with Crippen LogP contribution < -0.4 is 15.0 Å². The number of hydrogen-bond acceptors (Lipinski definition) is 6. The van der Waals surface area contributed by atoms with Crippen molar-refractivity contribution in [3.63, 3.8) is 0 Å². The van der Waals surface area contributed by atoms with Crippen molar-refractivity contribution in [3.05, 3.63) is 68.2 Å². The zero-order valence-electron chi connectivity index (χ0n) is 15.9. The summed E-state index contributed by atoms with van der Waals surface area (Å²) in [6.45, 7) is 3.76. The normalized spacial score (nSPS) is 15.5.